The van der Waals surface area contributed by atoms with Gasteiger partial charge in [-0.3, -0.25) is 9.80 Å². The molecule has 0 radical (unpaired) electrons. The summed E-state index contributed by atoms with van der Waals surface area (Å²) in [4.78, 5) is 17.1. The number of aryl methyl sites for hydroxylation is 1. The van der Waals surface area contributed by atoms with Crippen molar-refractivity contribution in [2.75, 3.05) is 24.5 Å². The Bertz CT molecular complexity index is 800. The standard InChI is InChI=1S/C22H25FN2O2/c1-16-3-2-4-20(13-16)25(14-17-5-7-19(23)8-6-17)22(26)27-21-15-24-11-9-18(21)10-12-24/h2-8,13,18,21H,9-12,14-15H2,1H3. The first-order chi connectivity index (χ1) is 13.1. The van der Waals surface area contributed by atoms with Crippen LogP contribution in [0.2, 0.25) is 0 Å². The second-order valence-corrected chi connectivity index (χ2v) is 7.61. The fraction of sp³-hybridized carbons (Fsp3) is 0.409. The van der Waals surface area contributed by atoms with E-state index in [2.05, 4.69) is 4.90 Å². The molecule has 0 saturated carbocycles. The Kier molecular flexibility index (Phi) is 5.12. The molecule has 27 heavy (non-hydrogen) atoms. The molecule has 3 fully saturated rings. The molecule has 3 aliphatic rings. The number of rotatable bonds is 4. The zero-order valence-electron chi connectivity index (χ0n) is 15.6. The summed E-state index contributed by atoms with van der Waals surface area (Å²) in [5, 5.41) is 0. The van der Waals surface area contributed by atoms with Gasteiger partial charge in [0.05, 0.1) is 6.54 Å². The monoisotopic (exact) mass is 368 g/mol. The predicted octanol–water partition coefficient (Wildman–Crippen LogP) is 4.37. The number of benzene rings is 2. The summed E-state index contributed by atoms with van der Waals surface area (Å²) in [5.74, 6) is 0.180. The first-order valence-electron chi connectivity index (χ1n) is 9.60. The number of ether oxygens (including phenoxy) is 1. The maximum absolute atomic E-state index is 13.2. The molecule has 3 saturated heterocycles. The van der Waals surface area contributed by atoms with Gasteiger partial charge in [0, 0.05) is 12.2 Å². The van der Waals surface area contributed by atoms with Gasteiger partial charge >= 0.3 is 6.09 Å². The Morgan fingerprint density at radius 2 is 1.93 bits per heavy atom. The van der Waals surface area contributed by atoms with Gasteiger partial charge in [-0.2, -0.15) is 0 Å². The van der Waals surface area contributed by atoms with Crippen LogP contribution in [0.5, 0.6) is 0 Å². The average molecular weight is 368 g/mol. The normalized spacial score (nSPS) is 23.9. The van der Waals surface area contributed by atoms with Crippen molar-refractivity contribution in [3.05, 3.63) is 65.5 Å². The molecular formula is C22H25FN2O2. The minimum atomic E-state index is -0.330. The lowest BCUT2D eigenvalue weighted by Gasteiger charge is -2.44. The quantitative estimate of drug-likeness (QED) is 0.803. The number of anilines is 1. The second kappa shape index (κ2) is 7.69. The zero-order chi connectivity index (χ0) is 18.8. The van der Waals surface area contributed by atoms with Gasteiger partial charge in [0.25, 0.3) is 0 Å². The first kappa shape index (κ1) is 18.0. The van der Waals surface area contributed by atoms with Crippen LogP contribution in [0.3, 0.4) is 0 Å². The summed E-state index contributed by atoms with van der Waals surface area (Å²) < 4.78 is 19.2. The van der Waals surface area contributed by atoms with Gasteiger partial charge in [-0.25, -0.2) is 9.18 Å². The van der Waals surface area contributed by atoms with Crippen LogP contribution in [0.1, 0.15) is 24.0 Å². The van der Waals surface area contributed by atoms with E-state index >= 15 is 0 Å². The molecule has 3 aliphatic heterocycles. The van der Waals surface area contributed by atoms with E-state index in [1.807, 2.05) is 31.2 Å². The Morgan fingerprint density at radius 1 is 1.19 bits per heavy atom. The number of halogens is 1. The molecule has 142 valence electrons. The Hall–Kier alpha value is -2.40. The first-order valence-corrected chi connectivity index (χ1v) is 9.60. The summed E-state index contributed by atoms with van der Waals surface area (Å²) in [5.41, 5.74) is 2.74. The lowest BCUT2D eigenvalue weighted by Crippen LogP contribution is -2.53. The van der Waals surface area contributed by atoms with Crippen LogP contribution in [-0.4, -0.2) is 36.7 Å². The highest BCUT2D eigenvalue weighted by Gasteiger charge is 2.37. The third-order valence-electron chi connectivity index (χ3n) is 5.64. The van der Waals surface area contributed by atoms with E-state index in [0.29, 0.717) is 12.5 Å². The van der Waals surface area contributed by atoms with Gasteiger partial charge in [0.1, 0.15) is 11.9 Å². The van der Waals surface area contributed by atoms with Crippen LogP contribution in [0.25, 0.3) is 0 Å². The number of hydrogen-bond donors (Lipinski definition) is 0. The van der Waals surface area contributed by atoms with E-state index in [1.54, 1.807) is 17.0 Å². The van der Waals surface area contributed by atoms with Crippen molar-refractivity contribution < 1.29 is 13.9 Å². The number of piperidine rings is 3. The van der Waals surface area contributed by atoms with Crippen LogP contribution >= 0.6 is 0 Å². The summed E-state index contributed by atoms with van der Waals surface area (Å²) in [6.45, 7) is 5.39. The highest BCUT2D eigenvalue weighted by Crippen LogP contribution is 2.30. The molecule has 3 heterocycles. The fourth-order valence-corrected chi connectivity index (χ4v) is 4.07. The lowest BCUT2D eigenvalue weighted by atomic mass is 9.86. The van der Waals surface area contributed by atoms with Crippen LogP contribution in [0.4, 0.5) is 14.9 Å². The van der Waals surface area contributed by atoms with Crippen LogP contribution < -0.4 is 4.90 Å². The molecule has 0 N–H and O–H groups in total. The highest BCUT2D eigenvalue weighted by atomic mass is 19.1. The second-order valence-electron chi connectivity index (χ2n) is 7.61. The summed E-state index contributed by atoms with van der Waals surface area (Å²) in [6.07, 6.45) is 1.82. The van der Waals surface area contributed by atoms with Crippen molar-refractivity contribution in [1.29, 1.82) is 0 Å². The van der Waals surface area contributed by atoms with Gasteiger partial charge in [-0.15, -0.1) is 0 Å². The third kappa shape index (κ3) is 4.14. The molecule has 1 amide bonds. The van der Waals surface area contributed by atoms with E-state index in [9.17, 15) is 9.18 Å². The third-order valence-corrected chi connectivity index (χ3v) is 5.64. The van der Waals surface area contributed by atoms with E-state index in [-0.39, 0.29) is 18.0 Å². The van der Waals surface area contributed by atoms with Crippen molar-refractivity contribution in [3.8, 4) is 0 Å². The zero-order valence-corrected chi connectivity index (χ0v) is 15.6. The summed E-state index contributed by atoms with van der Waals surface area (Å²) >= 11 is 0. The molecule has 1 unspecified atom stereocenters. The van der Waals surface area contributed by atoms with Crippen LogP contribution in [0, 0.1) is 18.7 Å². The van der Waals surface area contributed by atoms with Crippen molar-refractivity contribution in [2.45, 2.75) is 32.4 Å². The van der Waals surface area contributed by atoms with Crippen LogP contribution in [0.15, 0.2) is 48.5 Å². The maximum Gasteiger partial charge on any atom is 0.414 e. The SMILES string of the molecule is Cc1cccc(N(Cc2ccc(F)cc2)C(=O)OC2CN3CCC2CC3)c1. The Morgan fingerprint density at radius 3 is 2.56 bits per heavy atom. The van der Waals surface area contributed by atoms with Crippen molar-refractivity contribution in [1.82, 2.24) is 4.90 Å². The minimum Gasteiger partial charge on any atom is -0.444 e. The topological polar surface area (TPSA) is 32.8 Å². The van der Waals surface area contributed by atoms with Crippen molar-refractivity contribution in [2.24, 2.45) is 5.92 Å². The molecule has 2 bridgehead atoms. The molecule has 5 rings (SSSR count). The van der Waals surface area contributed by atoms with Crippen molar-refractivity contribution in [3.63, 3.8) is 0 Å². The maximum atomic E-state index is 13.2. The summed E-state index contributed by atoms with van der Waals surface area (Å²) in [6, 6.07) is 14.1. The smallest absolute Gasteiger partial charge is 0.414 e. The molecule has 2 aromatic carbocycles. The van der Waals surface area contributed by atoms with Crippen molar-refractivity contribution >= 4 is 11.8 Å². The Labute approximate surface area is 159 Å². The average Bonchev–Trinajstić information content (AvgIpc) is 2.68. The molecular weight excluding hydrogens is 343 g/mol. The number of amides is 1. The minimum absolute atomic E-state index is 0.0412. The van der Waals surface area contributed by atoms with E-state index in [0.717, 1.165) is 49.3 Å². The van der Waals surface area contributed by atoms with E-state index < -0.39 is 0 Å². The number of hydrogen-bond acceptors (Lipinski definition) is 3. The highest BCUT2D eigenvalue weighted by molar-refractivity contribution is 5.87. The van der Waals surface area contributed by atoms with Gasteiger partial charge in [-0.1, -0.05) is 24.3 Å². The largest absolute Gasteiger partial charge is 0.444 e. The molecule has 2 aromatic rings. The van der Waals surface area contributed by atoms with E-state index in [1.165, 1.54) is 12.1 Å². The molecule has 0 aliphatic carbocycles. The van der Waals surface area contributed by atoms with Gasteiger partial charge in [0.15, 0.2) is 0 Å². The number of nitrogens with zero attached hydrogens (tertiary/aromatic N) is 2. The molecule has 5 heteroatoms. The number of fused-ring (bicyclic) bond motifs is 3. The van der Waals surface area contributed by atoms with E-state index in [4.69, 9.17) is 4.74 Å². The fourth-order valence-electron chi connectivity index (χ4n) is 4.07. The number of carbonyl (C=O) groups excluding carboxylic acids is 1. The molecule has 0 spiro atoms. The Balaban J connectivity index is 1.55. The van der Waals surface area contributed by atoms with Gasteiger partial charge < -0.3 is 4.74 Å². The van der Waals surface area contributed by atoms with Crippen LogP contribution in [-0.2, 0) is 11.3 Å². The molecule has 1 atom stereocenters. The lowest BCUT2D eigenvalue weighted by molar-refractivity contribution is -0.0311. The summed E-state index contributed by atoms with van der Waals surface area (Å²) in [7, 11) is 0. The number of carbonyl (C=O) groups is 1. The van der Waals surface area contributed by atoms with Gasteiger partial charge in [-0.05, 0) is 74.2 Å². The molecule has 0 aromatic heterocycles. The molecule has 4 nitrogen and oxygen atoms in total. The van der Waals surface area contributed by atoms with Gasteiger partial charge in [0.2, 0.25) is 0 Å². The predicted molar refractivity (Wildman–Crippen MR) is 103 cm³/mol.